The van der Waals surface area contributed by atoms with Gasteiger partial charge in [-0.25, -0.2) is 4.79 Å². The maximum Gasteiger partial charge on any atom is 0.328 e. The molecule has 1 aromatic rings. The molecule has 0 aliphatic carbocycles. The molecule has 0 spiro atoms. The first kappa shape index (κ1) is 13.1. The summed E-state index contributed by atoms with van der Waals surface area (Å²) in [4.78, 5) is 18.0. The number of nitrogens with zero attached hydrogens (tertiary/aromatic N) is 2. The first-order valence-corrected chi connectivity index (χ1v) is 6.64. The maximum atomic E-state index is 12.0. The van der Waals surface area contributed by atoms with Gasteiger partial charge in [-0.05, 0) is 32.3 Å². The van der Waals surface area contributed by atoms with Crippen molar-refractivity contribution in [2.24, 2.45) is 0 Å². The molecule has 0 aromatic carbocycles. The summed E-state index contributed by atoms with van der Waals surface area (Å²) < 4.78 is 5.13. The highest BCUT2D eigenvalue weighted by molar-refractivity contribution is 6.33. The largest absolute Gasteiger partial charge is 0.464 e. The van der Waals surface area contributed by atoms with E-state index in [-0.39, 0.29) is 12.0 Å². The van der Waals surface area contributed by atoms with E-state index in [9.17, 15) is 4.79 Å². The third-order valence-electron chi connectivity index (χ3n) is 3.12. The lowest BCUT2D eigenvalue weighted by atomic mass is 10.0. The third kappa shape index (κ3) is 2.75. The van der Waals surface area contributed by atoms with Crippen LogP contribution in [0.3, 0.4) is 0 Å². The molecule has 1 aromatic heterocycles. The minimum Gasteiger partial charge on any atom is -0.464 e. The Balaban J connectivity index is 2.23. The molecular formula is C13H17ClN2O2. The van der Waals surface area contributed by atoms with Crippen LogP contribution in [0.25, 0.3) is 0 Å². The number of carbonyl (C=O) groups excluding carboxylic acids is 1. The van der Waals surface area contributed by atoms with Crippen LogP contribution in [0, 0.1) is 0 Å². The number of piperidine rings is 1. The number of carbonyl (C=O) groups is 1. The van der Waals surface area contributed by atoms with Crippen molar-refractivity contribution < 1.29 is 9.53 Å². The van der Waals surface area contributed by atoms with Crippen LogP contribution >= 0.6 is 11.6 Å². The highest BCUT2D eigenvalue weighted by Crippen LogP contribution is 2.30. The van der Waals surface area contributed by atoms with Crippen molar-refractivity contribution in [2.45, 2.75) is 32.2 Å². The fraction of sp³-hybridized carbons (Fsp3) is 0.538. The summed E-state index contributed by atoms with van der Waals surface area (Å²) in [5.74, 6) is -0.162. The fourth-order valence-corrected chi connectivity index (χ4v) is 2.53. The molecule has 1 fully saturated rings. The van der Waals surface area contributed by atoms with Crippen LogP contribution in [0.4, 0.5) is 5.69 Å². The normalized spacial score (nSPS) is 19.7. The molecule has 1 atom stereocenters. The average Bonchev–Trinajstić information content (AvgIpc) is 2.40. The van der Waals surface area contributed by atoms with E-state index in [1.165, 1.54) is 0 Å². The number of anilines is 1. The molecule has 2 heterocycles. The van der Waals surface area contributed by atoms with Crippen molar-refractivity contribution in [3.63, 3.8) is 0 Å². The van der Waals surface area contributed by atoms with Crippen molar-refractivity contribution in [1.82, 2.24) is 4.98 Å². The van der Waals surface area contributed by atoms with Gasteiger partial charge in [0.05, 0.1) is 17.3 Å². The van der Waals surface area contributed by atoms with Gasteiger partial charge in [0.1, 0.15) is 6.04 Å². The van der Waals surface area contributed by atoms with Gasteiger partial charge in [0.2, 0.25) is 0 Å². The lowest BCUT2D eigenvalue weighted by molar-refractivity contribution is -0.145. The van der Waals surface area contributed by atoms with Gasteiger partial charge >= 0.3 is 5.97 Å². The summed E-state index contributed by atoms with van der Waals surface area (Å²) in [6.07, 6.45) is 6.22. The number of halogens is 1. The molecule has 1 saturated heterocycles. The predicted octanol–water partition coefficient (Wildman–Crippen LogP) is 2.66. The summed E-state index contributed by atoms with van der Waals surface area (Å²) in [7, 11) is 0. The minimum atomic E-state index is -0.224. The molecule has 0 saturated carbocycles. The van der Waals surface area contributed by atoms with Gasteiger partial charge in [0, 0.05) is 18.9 Å². The molecule has 18 heavy (non-hydrogen) atoms. The molecule has 4 nitrogen and oxygen atoms in total. The highest BCUT2D eigenvalue weighted by atomic mass is 35.5. The second kappa shape index (κ2) is 6.05. The second-order valence-electron chi connectivity index (χ2n) is 4.28. The molecule has 0 N–H and O–H groups in total. The number of pyridine rings is 1. The van der Waals surface area contributed by atoms with Crippen LogP contribution in [0.1, 0.15) is 26.2 Å². The van der Waals surface area contributed by atoms with E-state index < -0.39 is 0 Å². The van der Waals surface area contributed by atoms with E-state index in [4.69, 9.17) is 16.3 Å². The van der Waals surface area contributed by atoms with Crippen molar-refractivity contribution in [3.8, 4) is 0 Å². The molecule has 2 rings (SSSR count). The average molecular weight is 269 g/mol. The number of esters is 1. The summed E-state index contributed by atoms with van der Waals surface area (Å²) in [5, 5.41) is 0.577. The van der Waals surface area contributed by atoms with Crippen LogP contribution in [0.15, 0.2) is 18.5 Å². The summed E-state index contributed by atoms with van der Waals surface area (Å²) >= 11 is 6.15. The third-order valence-corrected chi connectivity index (χ3v) is 3.41. The van der Waals surface area contributed by atoms with Gasteiger partial charge in [-0.1, -0.05) is 11.6 Å². The zero-order valence-electron chi connectivity index (χ0n) is 10.4. The van der Waals surface area contributed by atoms with Crippen molar-refractivity contribution in [1.29, 1.82) is 0 Å². The van der Waals surface area contributed by atoms with Crippen LogP contribution in [-0.4, -0.2) is 30.1 Å². The Morgan fingerprint density at radius 3 is 3.17 bits per heavy atom. The maximum absolute atomic E-state index is 12.0. The van der Waals surface area contributed by atoms with Crippen LogP contribution < -0.4 is 4.90 Å². The Hall–Kier alpha value is -1.29. The number of rotatable bonds is 3. The van der Waals surface area contributed by atoms with E-state index in [1.807, 2.05) is 17.9 Å². The first-order valence-electron chi connectivity index (χ1n) is 6.27. The molecular weight excluding hydrogens is 252 g/mol. The smallest absolute Gasteiger partial charge is 0.328 e. The summed E-state index contributed by atoms with van der Waals surface area (Å²) in [6, 6.07) is 1.62. The van der Waals surface area contributed by atoms with Crippen LogP contribution in [0.2, 0.25) is 5.02 Å². The topological polar surface area (TPSA) is 42.4 Å². The number of hydrogen-bond acceptors (Lipinski definition) is 4. The Labute approximate surface area is 112 Å². The zero-order valence-corrected chi connectivity index (χ0v) is 11.2. The number of ether oxygens (including phenoxy) is 1. The summed E-state index contributed by atoms with van der Waals surface area (Å²) in [5.41, 5.74) is 0.865. The van der Waals surface area contributed by atoms with E-state index in [0.717, 1.165) is 31.5 Å². The molecule has 1 aliphatic heterocycles. The van der Waals surface area contributed by atoms with Gasteiger partial charge in [0.25, 0.3) is 0 Å². The van der Waals surface area contributed by atoms with E-state index in [1.54, 1.807) is 12.4 Å². The predicted molar refractivity (Wildman–Crippen MR) is 70.9 cm³/mol. The number of aromatic nitrogens is 1. The van der Waals surface area contributed by atoms with Gasteiger partial charge < -0.3 is 9.64 Å². The minimum absolute atomic E-state index is 0.162. The van der Waals surface area contributed by atoms with Crippen LogP contribution in [0.5, 0.6) is 0 Å². The van der Waals surface area contributed by atoms with E-state index in [0.29, 0.717) is 11.6 Å². The standard InChI is InChI=1S/C13H17ClN2O2/c1-2-18-13(17)12-5-3-4-8-16(12)11-6-7-15-9-10(11)14/h6-7,9,12H,2-5,8H2,1H3. The number of hydrogen-bond donors (Lipinski definition) is 0. The molecule has 1 unspecified atom stereocenters. The molecule has 5 heteroatoms. The Kier molecular flexibility index (Phi) is 4.42. The lowest BCUT2D eigenvalue weighted by Crippen LogP contribution is -2.45. The second-order valence-corrected chi connectivity index (χ2v) is 4.69. The van der Waals surface area contributed by atoms with Gasteiger partial charge in [0.15, 0.2) is 0 Å². The summed E-state index contributed by atoms with van der Waals surface area (Å²) in [6.45, 7) is 3.06. The van der Waals surface area contributed by atoms with Crippen molar-refractivity contribution >= 4 is 23.3 Å². The van der Waals surface area contributed by atoms with Crippen molar-refractivity contribution in [3.05, 3.63) is 23.5 Å². The Bertz CT molecular complexity index is 425. The van der Waals surface area contributed by atoms with Gasteiger partial charge in [-0.2, -0.15) is 0 Å². The monoisotopic (exact) mass is 268 g/mol. The Morgan fingerprint density at radius 2 is 2.44 bits per heavy atom. The SMILES string of the molecule is CCOC(=O)C1CCCCN1c1ccncc1Cl. The van der Waals surface area contributed by atoms with Crippen LogP contribution in [-0.2, 0) is 9.53 Å². The van der Waals surface area contributed by atoms with Gasteiger partial charge in [-0.3, -0.25) is 4.98 Å². The van der Waals surface area contributed by atoms with Crippen molar-refractivity contribution in [2.75, 3.05) is 18.1 Å². The molecule has 1 aliphatic rings. The van der Waals surface area contributed by atoms with Gasteiger partial charge in [-0.15, -0.1) is 0 Å². The first-order chi connectivity index (χ1) is 8.74. The molecule has 0 radical (unpaired) electrons. The van der Waals surface area contributed by atoms with E-state index in [2.05, 4.69) is 4.98 Å². The zero-order chi connectivity index (χ0) is 13.0. The van der Waals surface area contributed by atoms with E-state index >= 15 is 0 Å². The lowest BCUT2D eigenvalue weighted by Gasteiger charge is -2.36. The molecule has 0 amide bonds. The molecule has 98 valence electrons. The molecule has 0 bridgehead atoms. The fourth-order valence-electron chi connectivity index (χ4n) is 2.30. The quantitative estimate of drug-likeness (QED) is 0.791. The Morgan fingerprint density at radius 1 is 1.61 bits per heavy atom. The highest BCUT2D eigenvalue weighted by Gasteiger charge is 2.30.